The number of hydrogen-bond donors (Lipinski definition) is 0. The minimum atomic E-state index is -4.51. The highest BCUT2D eigenvalue weighted by atomic mass is 35.5. The summed E-state index contributed by atoms with van der Waals surface area (Å²) in [5.41, 5.74) is 0.0480. The molecule has 2 fully saturated rings. The van der Waals surface area contributed by atoms with Crippen molar-refractivity contribution in [3.63, 3.8) is 0 Å². The number of carbonyl (C=O) groups excluding carboxylic acids is 1. The van der Waals surface area contributed by atoms with Gasteiger partial charge in [0.2, 0.25) is 0 Å². The number of piperidine rings is 1. The number of benzene rings is 1. The summed E-state index contributed by atoms with van der Waals surface area (Å²) in [5.74, 6) is -0.335. The van der Waals surface area contributed by atoms with Gasteiger partial charge in [-0.05, 0) is 37.8 Å². The number of aromatic nitrogens is 1. The molecule has 1 aromatic carbocycles. The van der Waals surface area contributed by atoms with Gasteiger partial charge >= 0.3 is 6.18 Å². The molecule has 174 valence electrons. The molecule has 1 amide bonds. The van der Waals surface area contributed by atoms with Gasteiger partial charge in [0.15, 0.2) is 0 Å². The molecule has 2 saturated heterocycles. The van der Waals surface area contributed by atoms with Gasteiger partial charge < -0.3 is 14.5 Å². The quantitative estimate of drug-likeness (QED) is 0.668. The maximum absolute atomic E-state index is 13.1. The van der Waals surface area contributed by atoms with Gasteiger partial charge in [-0.1, -0.05) is 30.3 Å². The van der Waals surface area contributed by atoms with E-state index in [0.717, 1.165) is 51.2 Å². The van der Waals surface area contributed by atoms with Crippen molar-refractivity contribution < 1.29 is 22.7 Å². The molecule has 2 aliphatic heterocycles. The summed E-state index contributed by atoms with van der Waals surface area (Å²) >= 11 is 0. The third-order valence-corrected chi connectivity index (χ3v) is 6.18. The van der Waals surface area contributed by atoms with Gasteiger partial charge in [-0.3, -0.25) is 9.78 Å². The largest absolute Gasteiger partial charge is 0.417 e. The van der Waals surface area contributed by atoms with Crippen LogP contribution in [0, 0.1) is 0 Å². The van der Waals surface area contributed by atoms with Crippen LogP contribution in [-0.4, -0.2) is 53.7 Å². The van der Waals surface area contributed by atoms with E-state index < -0.39 is 23.4 Å². The second-order valence-corrected chi connectivity index (χ2v) is 8.37. The second kappa shape index (κ2) is 9.77. The second-order valence-electron chi connectivity index (χ2n) is 8.37. The van der Waals surface area contributed by atoms with Gasteiger partial charge in [-0.25, -0.2) is 0 Å². The molecule has 2 aliphatic rings. The Morgan fingerprint density at radius 2 is 1.84 bits per heavy atom. The fourth-order valence-corrected chi connectivity index (χ4v) is 4.39. The summed E-state index contributed by atoms with van der Waals surface area (Å²) < 4.78 is 45.5. The van der Waals surface area contributed by atoms with Gasteiger partial charge in [0.25, 0.3) is 5.91 Å². The molecular formula is C23H27ClF3N3O2. The van der Waals surface area contributed by atoms with Crippen LogP contribution in [-0.2, 0) is 22.1 Å². The topological polar surface area (TPSA) is 45.7 Å². The molecule has 1 unspecified atom stereocenters. The number of hydrogen-bond acceptors (Lipinski definition) is 4. The molecular weight excluding hydrogens is 443 g/mol. The van der Waals surface area contributed by atoms with Crippen LogP contribution in [0.3, 0.4) is 0 Å². The lowest BCUT2D eigenvalue weighted by Crippen LogP contribution is -2.61. The first kappa shape index (κ1) is 24.5. The number of halogens is 4. The minimum Gasteiger partial charge on any atom is -0.360 e. The Hall–Kier alpha value is -2.16. The van der Waals surface area contributed by atoms with Gasteiger partial charge in [-0.15, -0.1) is 12.4 Å². The summed E-state index contributed by atoms with van der Waals surface area (Å²) in [4.78, 5) is 20.2. The maximum atomic E-state index is 13.1. The highest BCUT2D eigenvalue weighted by molar-refractivity contribution is 5.97. The molecule has 4 rings (SSSR count). The first-order valence-corrected chi connectivity index (χ1v) is 10.5. The van der Waals surface area contributed by atoms with Crippen LogP contribution < -0.4 is 4.90 Å². The summed E-state index contributed by atoms with van der Waals surface area (Å²) in [6, 6.07) is 11.3. The van der Waals surface area contributed by atoms with Crippen molar-refractivity contribution in [2.45, 2.75) is 44.1 Å². The number of nitrogens with zero attached hydrogens (tertiary/aromatic N) is 3. The number of alkyl halides is 3. The number of pyridine rings is 1. The van der Waals surface area contributed by atoms with Crippen LogP contribution in [0.2, 0.25) is 0 Å². The zero-order chi connectivity index (χ0) is 22.1. The summed E-state index contributed by atoms with van der Waals surface area (Å²) in [7, 11) is 0. The summed E-state index contributed by atoms with van der Waals surface area (Å²) in [5, 5.41) is 0. The fourth-order valence-electron chi connectivity index (χ4n) is 4.39. The van der Waals surface area contributed by atoms with Crippen LogP contribution in [0.1, 0.15) is 30.9 Å². The van der Waals surface area contributed by atoms with Gasteiger partial charge in [0, 0.05) is 25.8 Å². The van der Waals surface area contributed by atoms with E-state index in [1.807, 2.05) is 18.2 Å². The van der Waals surface area contributed by atoms with Crippen molar-refractivity contribution in [3.05, 3.63) is 59.9 Å². The Bertz CT molecular complexity index is 918. The first-order chi connectivity index (χ1) is 14.8. The first-order valence-electron chi connectivity index (χ1n) is 10.5. The number of amides is 1. The van der Waals surface area contributed by atoms with Gasteiger partial charge in [0.05, 0.1) is 29.6 Å². The Labute approximate surface area is 192 Å². The van der Waals surface area contributed by atoms with Crippen molar-refractivity contribution in [1.29, 1.82) is 0 Å². The molecule has 32 heavy (non-hydrogen) atoms. The van der Waals surface area contributed by atoms with Crippen molar-refractivity contribution in [2.75, 3.05) is 31.1 Å². The van der Waals surface area contributed by atoms with Crippen molar-refractivity contribution in [2.24, 2.45) is 0 Å². The number of rotatable bonds is 4. The number of ether oxygens (including phenoxy) is 1. The predicted octanol–water partition coefficient (Wildman–Crippen LogP) is 4.35. The van der Waals surface area contributed by atoms with E-state index in [-0.39, 0.29) is 30.5 Å². The van der Waals surface area contributed by atoms with Crippen LogP contribution in [0.25, 0.3) is 0 Å². The third-order valence-electron chi connectivity index (χ3n) is 6.18. The van der Waals surface area contributed by atoms with Crippen LogP contribution >= 0.6 is 12.4 Å². The van der Waals surface area contributed by atoms with E-state index in [0.29, 0.717) is 0 Å². The molecule has 0 radical (unpaired) electrons. The van der Waals surface area contributed by atoms with E-state index in [4.69, 9.17) is 4.74 Å². The lowest BCUT2D eigenvalue weighted by Gasteiger charge is -2.49. The van der Waals surface area contributed by atoms with Crippen molar-refractivity contribution >= 4 is 24.0 Å². The normalized spacial score (nSPS) is 21.4. The molecule has 0 bridgehead atoms. The fraction of sp³-hybridized carbons (Fsp3) is 0.478. The summed E-state index contributed by atoms with van der Waals surface area (Å²) in [6.07, 6.45) is -0.714. The Kier molecular flexibility index (Phi) is 7.47. The zero-order valence-corrected chi connectivity index (χ0v) is 18.7. The van der Waals surface area contributed by atoms with E-state index in [1.54, 1.807) is 6.92 Å². The summed E-state index contributed by atoms with van der Waals surface area (Å²) in [6.45, 7) is 4.49. The van der Waals surface area contributed by atoms with Crippen LogP contribution in [0.15, 0.2) is 48.8 Å². The Morgan fingerprint density at radius 3 is 2.50 bits per heavy atom. The molecule has 0 saturated carbocycles. The monoisotopic (exact) mass is 469 g/mol. The highest BCUT2D eigenvalue weighted by Crippen LogP contribution is 2.36. The van der Waals surface area contributed by atoms with E-state index in [2.05, 4.69) is 22.0 Å². The average Bonchev–Trinajstić information content (AvgIpc) is 2.76. The lowest BCUT2D eigenvalue weighted by atomic mass is 9.88. The lowest BCUT2D eigenvalue weighted by molar-refractivity contribution is -0.161. The van der Waals surface area contributed by atoms with E-state index in [9.17, 15) is 18.0 Å². The number of likely N-dealkylation sites (tertiary alicyclic amines) is 1. The standard InChI is InChI=1S/C23H26F3N3O2.ClH/c1-17-21(30)29(20-13-19(14-27-15-20)23(24,25)26)16-22(31-17)8-11-28(12-9-22)10-7-18-5-3-2-4-6-18;/h2-6,13-15,17H,7-12,16H2,1H3;1H. The number of anilines is 1. The zero-order valence-electron chi connectivity index (χ0n) is 17.8. The molecule has 2 aromatic rings. The third kappa shape index (κ3) is 5.42. The Morgan fingerprint density at radius 1 is 1.16 bits per heavy atom. The van der Waals surface area contributed by atoms with Crippen molar-refractivity contribution in [3.8, 4) is 0 Å². The molecule has 5 nitrogen and oxygen atoms in total. The highest BCUT2D eigenvalue weighted by Gasteiger charge is 2.46. The number of morpholine rings is 1. The van der Waals surface area contributed by atoms with Crippen LogP contribution in [0.4, 0.5) is 18.9 Å². The predicted molar refractivity (Wildman–Crippen MR) is 118 cm³/mol. The molecule has 0 aliphatic carbocycles. The smallest absolute Gasteiger partial charge is 0.360 e. The maximum Gasteiger partial charge on any atom is 0.417 e. The van der Waals surface area contributed by atoms with E-state index in [1.165, 1.54) is 16.7 Å². The molecule has 0 N–H and O–H groups in total. The minimum absolute atomic E-state index is 0. The Balaban J connectivity index is 0.00000289. The van der Waals surface area contributed by atoms with Gasteiger partial charge in [-0.2, -0.15) is 13.2 Å². The van der Waals surface area contributed by atoms with E-state index >= 15 is 0 Å². The van der Waals surface area contributed by atoms with Crippen LogP contribution in [0.5, 0.6) is 0 Å². The molecule has 1 atom stereocenters. The molecule has 3 heterocycles. The molecule has 1 spiro atoms. The number of carbonyl (C=O) groups is 1. The average molecular weight is 470 g/mol. The SMILES string of the molecule is CC1OC2(CCN(CCc3ccccc3)CC2)CN(c2cncc(C(F)(F)F)c2)C1=O.Cl. The molecule has 1 aromatic heterocycles. The molecule has 9 heteroatoms. The van der Waals surface area contributed by atoms with Crippen molar-refractivity contribution in [1.82, 2.24) is 9.88 Å². The van der Waals surface area contributed by atoms with Gasteiger partial charge in [0.1, 0.15) is 6.10 Å².